The Morgan fingerprint density at radius 1 is 0.684 bits per heavy atom. The Bertz CT molecular complexity index is 716. The number of carbonyl (C=O) groups is 2. The highest BCUT2D eigenvalue weighted by atomic mass is 33.1. The summed E-state index contributed by atoms with van der Waals surface area (Å²) in [6, 6.07) is -4.14. The quantitative estimate of drug-likeness (QED) is 0.129. The van der Waals surface area contributed by atoms with Crippen molar-refractivity contribution < 1.29 is 59.9 Å². The van der Waals surface area contributed by atoms with Gasteiger partial charge in [-0.25, -0.2) is 0 Å². The van der Waals surface area contributed by atoms with Crippen molar-refractivity contribution in [2.45, 2.75) is 73.4 Å². The Kier molecular flexibility index (Phi) is 12.3. The van der Waals surface area contributed by atoms with Crippen molar-refractivity contribution in [3.8, 4) is 0 Å². The summed E-state index contributed by atoms with van der Waals surface area (Å²) in [5.74, 6) is -0.631. The highest BCUT2D eigenvalue weighted by Gasteiger charge is 2.46. The van der Waals surface area contributed by atoms with Gasteiger partial charge < -0.3 is 71.6 Å². The van der Waals surface area contributed by atoms with Gasteiger partial charge in [0.1, 0.15) is 48.7 Å². The van der Waals surface area contributed by atoms with Gasteiger partial charge in [0.25, 0.3) is 0 Å². The van der Waals surface area contributed by atoms with Crippen molar-refractivity contribution >= 4 is 33.4 Å². The molecule has 0 aromatic heterocycles. The third kappa shape index (κ3) is 7.67. The first kappa shape index (κ1) is 31.7. The molecule has 0 radical (unpaired) electrons. The summed E-state index contributed by atoms with van der Waals surface area (Å²) in [6.45, 7) is -0.768. The zero-order valence-corrected chi connectivity index (χ0v) is 21.8. The molecule has 3 fully saturated rings. The van der Waals surface area contributed by atoms with Crippen LogP contribution in [-0.4, -0.2) is 164 Å². The predicted molar refractivity (Wildman–Crippen MR) is 132 cm³/mol. The lowest BCUT2D eigenvalue weighted by Gasteiger charge is -2.41. The fraction of sp³-hybridized carbons (Fsp3) is 0.900. The number of hydrogen-bond acceptors (Lipinski definition) is 16. The number of hydrogen-bond donors (Lipinski definition) is 12. The van der Waals surface area contributed by atoms with Crippen molar-refractivity contribution in [1.29, 1.82) is 0 Å². The van der Waals surface area contributed by atoms with Crippen LogP contribution in [0.25, 0.3) is 0 Å². The van der Waals surface area contributed by atoms with Crippen LogP contribution in [0.3, 0.4) is 0 Å². The molecule has 12 atom stereocenters. The third-order valence-electron chi connectivity index (χ3n) is 6.51. The summed E-state index contributed by atoms with van der Waals surface area (Å²) >= 11 is 0. The number of aliphatic hydroxyl groups excluding tert-OH is 8. The highest BCUT2D eigenvalue weighted by molar-refractivity contribution is 8.76. The number of nitrogens with one attached hydrogen (secondary N) is 4. The molecule has 0 aromatic carbocycles. The summed E-state index contributed by atoms with van der Waals surface area (Å²) in [6.07, 6.45) is -11.8. The molecule has 0 aliphatic carbocycles. The van der Waals surface area contributed by atoms with E-state index in [-0.39, 0.29) is 24.6 Å². The minimum absolute atomic E-state index is 0.239. The number of rotatable bonds is 6. The van der Waals surface area contributed by atoms with Crippen LogP contribution in [0.2, 0.25) is 0 Å². The number of carbonyl (C=O) groups excluding carboxylic acids is 2. The first-order valence-corrected chi connectivity index (χ1v) is 14.5. The molecule has 0 saturated carbocycles. The summed E-state index contributed by atoms with van der Waals surface area (Å²) in [4.78, 5) is 25.6. The van der Waals surface area contributed by atoms with E-state index in [1.807, 2.05) is 0 Å². The second kappa shape index (κ2) is 14.7. The Morgan fingerprint density at radius 2 is 1.05 bits per heavy atom. The van der Waals surface area contributed by atoms with Gasteiger partial charge in [-0.1, -0.05) is 21.6 Å². The maximum Gasteiger partial charge on any atom is 0.238 e. The van der Waals surface area contributed by atoms with E-state index in [1.54, 1.807) is 0 Å². The molecular formula is C20H36N4O12S2. The zero-order valence-electron chi connectivity index (χ0n) is 20.2. The molecule has 2 amide bonds. The van der Waals surface area contributed by atoms with Crippen LogP contribution in [0.5, 0.6) is 0 Å². The minimum Gasteiger partial charge on any atom is -0.394 e. The molecule has 16 nitrogen and oxygen atoms in total. The van der Waals surface area contributed by atoms with Crippen LogP contribution in [0, 0.1) is 0 Å². The third-order valence-corrected chi connectivity index (χ3v) is 8.93. The number of aliphatic hydroxyl groups is 8. The first-order valence-electron chi connectivity index (χ1n) is 12.0. The summed E-state index contributed by atoms with van der Waals surface area (Å²) < 4.78 is 10.1. The van der Waals surface area contributed by atoms with E-state index in [1.165, 1.54) is 21.6 Å². The molecular weight excluding hydrogens is 552 g/mol. The first-order chi connectivity index (χ1) is 18.1. The van der Waals surface area contributed by atoms with Crippen molar-refractivity contribution in [3.05, 3.63) is 0 Å². The minimum atomic E-state index is -1.64. The van der Waals surface area contributed by atoms with Gasteiger partial charge in [-0.3, -0.25) is 9.59 Å². The van der Waals surface area contributed by atoms with Gasteiger partial charge in [0, 0.05) is 24.6 Å². The molecule has 220 valence electrons. The van der Waals surface area contributed by atoms with Crippen LogP contribution in [0.15, 0.2) is 0 Å². The lowest BCUT2D eigenvalue weighted by molar-refractivity contribution is -0.254. The molecule has 3 heterocycles. The molecule has 3 rings (SSSR count). The van der Waals surface area contributed by atoms with Gasteiger partial charge in [0.2, 0.25) is 11.8 Å². The smallest absolute Gasteiger partial charge is 0.238 e. The lowest BCUT2D eigenvalue weighted by Crippen LogP contribution is -2.66. The molecule has 0 bridgehead atoms. The molecule has 3 aliphatic heterocycles. The van der Waals surface area contributed by atoms with E-state index in [2.05, 4.69) is 21.3 Å². The molecule has 4 unspecified atom stereocenters. The average molecular weight is 589 g/mol. The maximum atomic E-state index is 12.8. The average Bonchev–Trinajstić information content (AvgIpc) is 2.90. The molecule has 0 spiro atoms. The van der Waals surface area contributed by atoms with E-state index in [0.29, 0.717) is 0 Å². The molecule has 12 N–H and O–H groups in total. The van der Waals surface area contributed by atoms with Gasteiger partial charge in [-0.15, -0.1) is 0 Å². The fourth-order valence-electron chi connectivity index (χ4n) is 4.22. The van der Waals surface area contributed by atoms with Crippen LogP contribution < -0.4 is 21.3 Å². The second-order valence-corrected chi connectivity index (χ2v) is 11.7. The number of amides is 2. The van der Waals surface area contributed by atoms with Gasteiger partial charge in [0.15, 0.2) is 12.6 Å². The molecule has 3 saturated heterocycles. The van der Waals surface area contributed by atoms with E-state index in [0.717, 1.165) is 0 Å². The Morgan fingerprint density at radius 3 is 1.39 bits per heavy atom. The maximum absolute atomic E-state index is 12.8. The Balaban J connectivity index is 1.50. The highest BCUT2D eigenvalue weighted by Crippen LogP contribution is 2.25. The topological polar surface area (TPSA) is 263 Å². The van der Waals surface area contributed by atoms with Crippen LogP contribution in [0.4, 0.5) is 0 Å². The molecule has 3 aliphatic rings. The molecule has 18 heteroatoms. The van der Waals surface area contributed by atoms with Crippen molar-refractivity contribution in [2.75, 3.05) is 37.8 Å². The molecule has 38 heavy (non-hydrogen) atoms. The van der Waals surface area contributed by atoms with Gasteiger partial charge in [-0.05, 0) is 0 Å². The standard InChI is InChI=1S/C20H36N4O12S2/c25-3-9-13(27)15(29)11(19(33)35-9)23-17(31)7-5-37-38-6-8(22-2-1-21-7)18(32)24-12-16(30)14(28)10(4-26)36-20(12)34/h7-16,19-22,25-30,33-34H,1-6H2,(H,23,31)(H,24,32)/t7-,8-,9+,10+,11?,12?,13+,14+,15+,16+,19?,20?/m0/s1. The SMILES string of the molecule is O=C(NC1C(O)O[C@H](CO)[C@@H](O)[C@@H]1O)[C@@H]1CSSC[C@@H](C(=O)NC2C(O)O[C@H](CO)[C@@H](O)[C@@H]2O)NCCN1. The van der Waals surface area contributed by atoms with E-state index >= 15 is 0 Å². The number of ether oxygens (including phenoxy) is 2. The van der Waals surface area contributed by atoms with Crippen molar-refractivity contribution in [1.82, 2.24) is 21.3 Å². The summed E-state index contributed by atoms with van der Waals surface area (Å²) in [7, 11) is 2.54. The monoisotopic (exact) mass is 588 g/mol. The fourth-order valence-corrected chi connectivity index (χ4v) is 6.61. The molecule has 0 aromatic rings. The van der Waals surface area contributed by atoms with E-state index in [4.69, 9.17) is 9.47 Å². The van der Waals surface area contributed by atoms with E-state index < -0.39 is 98.4 Å². The predicted octanol–water partition coefficient (Wildman–Crippen LogP) is -6.87. The van der Waals surface area contributed by atoms with Gasteiger partial charge >= 0.3 is 0 Å². The van der Waals surface area contributed by atoms with Crippen LogP contribution in [-0.2, 0) is 19.1 Å². The Labute approximate surface area is 225 Å². The van der Waals surface area contributed by atoms with Gasteiger partial charge in [0.05, 0.1) is 25.3 Å². The van der Waals surface area contributed by atoms with Crippen molar-refractivity contribution in [3.63, 3.8) is 0 Å². The normalized spacial score (nSPS) is 43.2. The van der Waals surface area contributed by atoms with Crippen LogP contribution >= 0.6 is 21.6 Å². The van der Waals surface area contributed by atoms with Crippen molar-refractivity contribution in [2.24, 2.45) is 0 Å². The summed E-state index contributed by atoms with van der Waals surface area (Å²) in [5.41, 5.74) is 0. The van der Waals surface area contributed by atoms with Gasteiger partial charge in [-0.2, -0.15) is 0 Å². The lowest BCUT2D eigenvalue weighted by atomic mass is 9.97. The zero-order chi connectivity index (χ0) is 28.0. The van der Waals surface area contributed by atoms with E-state index in [9.17, 15) is 50.4 Å². The Hall–Kier alpha value is -0.840. The van der Waals surface area contributed by atoms with Crippen LogP contribution in [0.1, 0.15) is 0 Å². The second-order valence-electron chi connectivity index (χ2n) is 9.11. The largest absolute Gasteiger partial charge is 0.394 e. The summed E-state index contributed by atoms with van der Waals surface area (Å²) in [5, 5.41) is 90.1.